The second-order valence-corrected chi connectivity index (χ2v) is 5.12. The van der Waals surface area contributed by atoms with Crippen molar-refractivity contribution < 1.29 is 32.0 Å². The number of esters is 1. The normalized spacial score (nSPS) is 11.4. The quantitative estimate of drug-likeness (QED) is 0.348. The first-order valence-electron chi connectivity index (χ1n) is 5.94. The fraction of sp³-hybridized carbons (Fsp3) is 0.231. The van der Waals surface area contributed by atoms with Gasteiger partial charge in [0.2, 0.25) is 0 Å². The summed E-state index contributed by atoms with van der Waals surface area (Å²) in [7, 11) is 0. The standard InChI is InChI=1S/C13H10F3NO4S/c14-13(15,16)22-10-3-1-2-9(6-10)7-19-8-20-12(18)11-4-5-21-17-11/h1-6H,7-8H2. The Hall–Kier alpha value is -2.00. The number of ether oxygens (including phenoxy) is 2. The number of alkyl halides is 3. The number of benzene rings is 1. The van der Waals surface area contributed by atoms with Crippen molar-refractivity contribution in [3.05, 3.63) is 47.9 Å². The molecule has 0 aliphatic carbocycles. The summed E-state index contributed by atoms with van der Waals surface area (Å²) < 4.78 is 51.1. The van der Waals surface area contributed by atoms with Gasteiger partial charge in [0.05, 0.1) is 6.61 Å². The smallest absolute Gasteiger partial charge is 0.434 e. The molecule has 1 aromatic carbocycles. The molecular weight excluding hydrogens is 323 g/mol. The first-order chi connectivity index (χ1) is 10.4. The SMILES string of the molecule is O=C(OCOCc1cccc(SC(F)(F)F)c1)c1ccon1. The van der Waals surface area contributed by atoms with Crippen LogP contribution < -0.4 is 0 Å². The number of rotatable bonds is 6. The van der Waals surface area contributed by atoms with Crippen LogP contribution in [0.3, 0.4) is 0 Å². The van der Waals surface area contributed by atoms with Gasteiger partial charge in [0.1, 0.15) is 6.26 Å². The molecule has 0 atom stereocenters. The van der Waals surface area contributed by atoms with E-state index in [0.717, 1.165) is 0 Å². The lowest BCUT2D eigenvalue weighted by Crippen LogP contribution is -2.09. The van der Waals surface area contributed by atoms with Crippen LogP contribution in [0.1, 0.15) is 16.1 Å². The van der Waals surface area contributed by atoms with Crippen LogP contribution in [0.4, 0.5) is 13.2 Å². The highest BCUT2D eigenvalue weighted by Crippen LogP contribution is 2.36. The van der Waals surface area contributed by atoms with Crippen LogP contribution in [-0.2, 0) is 16.1 Å². The van der Waals surface area contributed by atoms with Crippen LogP contribution in [0.25, 0.3) is 0 Å². The fourth-order valence-corrected chi connectivity index (χ4v) is 2.10. The van der Waals surface area contributed by atoms with Gasteiger partial charge in [-0.05, 0) is 29.5 Å². The lowest BCUT2D eigenvalue weighted by atomic mass is 10.2. The van der Waals surface area contributed by atoms with Gasteiger partial charge in [-0.15, -0.1) is 0 Å². The van der Waals surface area contributed by atoms with Crippen LogP contribution in [-0.4, -0.2) is 23.4 Å². The fourth-order valence-electron chi connectivity index (χ4n) is 1.48. The third-order valence-electron chi connectivity index (χ3n) is 2.32. The monoisotopic (exact) mass is 333 g/mol. The Morgan fingerprint density at radius 3 is 2.82 bits per heavy atom. The van der Waals surface area contributed by atoms with Gasteiger partial charge in [-0.3, -0.25) is 0 Å². The van der Waals surface area contributed by atoms with E-state index < -0.39 is 11.5 Å². The molecule has 0 N–H and O–H groups in total. The molecule has 0 amide bonds. The number of halogens is 3. The molecule has 0 saturated carbocycles. The first kappa shape index (κ1) is 16.4. The summed E-state index contributed by atoms with van der Waals surface area (Å²) in [6.45, 7) is -0.333. The molecule has 0 saturated heterocycles. The number of hydrogen-bond acceptors (Lipinski definition) is 6. The maximum Gasteiger partial charge on any atom is 0.446 e. The van der Waals surface area contributed by atoms with Crippen molar-refractivity contribution in [1.29, 1.82) is 0 Å². The molecule has 1 heterocycles. The molecule has 118 valence electrons. The van der Waals surface area contributed by atoms with Crippen molar-refractivity contribution >= 4 is 17.7 Å². The summed E-state index contributed by atoms with van der Waals surface area (Å²) in [6, 6.07) is 7.15. The maximum absolute atomic E-state index is 12.3. The highest BCUT2D eigenvalue weighted by atomic mass is 32.2. The third kappa shape index (κ3) is 5.41. The largest absolute Gasteiger partial charge is 0.446 e. The first-order valence-corrected chi connectivity index (χ1v) is 6.75. The molecule has 0 bridgehead atoms. The van der Waals surface area contributed by atoms with Gasteiger partial charge in [-0.2, -0.15) is 13.2 Å². The van der Waals surface area contributed by atoms with Crippen molar-refractivity contribution in [1.82, 2.24) is 5.16 Å². The summed E-state index contributed by atoms with van der Waals surface area (Å²) >= 11 is -0.202. The van der Waals surface area contributed by atoms with E-state index in [1.54, 1.807) is 6.07 Å². The van der Waals surface area contributed by atoms with Gasteiger partial charge in [-0.25, -0.2) is 4.79 Å². The van der Waals surface area contributed by atoms with Crippen molar-refractivity contribution in [3.63, 3.8) is 0 Å². The van der Waals surface area contributed by atoms with Gasteiger partial charge in [0.15, 0.2) is 12.5 Å². The predicted octanol–water partition coefficient (Wildman–Crippen LogP) is 3.62. The van der Waals surface area contributed by atoms with E-state index in [2.05, 4.69) is 9.68 Å². The minimum atomic E-state index is -4.34. The lowest BCUT2D eigenvalue weighted by molar-refractivity contribution is -0.0390. The summed E-state index contributed by atoms with van der Waals surface area (Å²) in [4.78, 5) is 11.4. The molecule has 0 aliphatic rings. The van der Waals surface area contributed by atoms with E-state index in [-0.39, 0.29) is 35.8 Å². The van der Waals surface area contributed by atoms with E-state index in [4.69, 9.17) is 9.47 Å². The minimum Gasteiger partial charge on any atom is -0.434 e. The van der Waals surface area contributed by atoms with E-state index in [1.807, 2.05) is 0 Å². The zero-order chi connectivity index (χ0) is 16.0. The van der Waals surface area contributed by atoms with E-state index in [9.17, 15) is 18.0 Å². The molecule has 2 rings (SSSR count). The molecule has 1 aromatic heterocycles. The Morgan fingerprint density at radius 1 is 1.32 bits per heavy atom. The Labute approximate surface area is 127 Å². The Kier molecular flexibility index (Phi) is 5.45. The molecule has 9 heteroatoms. The Bertz CT molecular complexity index is 616. The van der Waals surface area contributed by atoms with Crippen LogP contribution in [0, 0.1) is 0 Å². The van der Waals surface area contributed by atoms with Gasteiger partial charge in [0, 0.05) is 11.0 Å². The average Bonchev–Trinajstić information content (AvgIpc) is 2.96. The van der Waals surface area contributed by atoms with E-state index in [0.29, 0.717) is 5.56 Å². The summed E-state index contributed by atoms with van der Waals surface area (Å²) in [5, 5.41) is 3.38. The number of carbonyl (C=O) groups excluding carboxylic acids is 1. The lowest BCUT2D eigenvalue weighted by Gasteiger charge is -2.08. The highest BCUT2D eigenvalue weighted by Gasteiger charge is 2.29. The number of hydrogen-bond donors (Lipinski definition) is 0. The number of carbonyl (C=O) groups is 1. The summed E-state index contributed by atoms with van der Waals surface area (Å²) in [6.07, 6.45) is 1.22. The summed E-state index contributed by atoms with van der Waals surface area (Å²) in [5.74, 6) is -0.713. The molecular formula is C13H10F3NO4S. The molecule has 0 spiro atoms. The van der Waals surface area contributed by atoms with Crippen LogP contribution in [0.15, 0.2) is 46.0 Å². The maximum atomic E-state index is 12.3. The van der Waals surface area contributed by atoms with Gasteiger partial charge in [-0.1, -0.05) is 17.3 Å². The topological polar surface area (TPSA) is 61.6 Å². The molecule has 0 aliphatic heterocycles. The highest BCUT2D eigenvalue weighted by molar-refractivity contribution is 8.00. The second kappa shape index (κ2) is 7.32. The number of thioether (sulfide) groups is 1. The predicted molar refractivity (Wildman–Crippen MR) is 69.9 cm³/mol. The molecule has 0 fully saturated rings. The van der Waals surface area contributed by atoms with E-state index >= 15 is 0 Å². The van der Waals surface area contributed by atoms with E-state index in [1.165, 1.54) is 30.5 Å². The Balaban J connectivity index is 1.77. The Morgan fingerprint density at radius 2 is 2.14 bits per heavy atom. The third-order valence-corrected chi connectivity index (χ3v) is 3.04. The zero-order valence-corrected chi connectivity index (χ0v) is 11.8. The van der Waals surface area contributed by atoms with Crippen molar-refractivity contribution in [2.24, 2.45) is 0 Å². The van der Waals surface area contributed by atoms with Crippen LogP contribution >= 0.6 is 11.8 Å². The van der Waals surface area contributed by atoms with Crippen molar-refractivity contribution in [3.8, 4) is 0 Å². The van der Waals surface area contributed by atoms with Crippen LogP contribution in [0.5, 0.6) is 0 Å². The zero-order valence-electron chi connectivity index (χ0n) is 11.0. The number of nitrogens with zero attached hydrogens (tertiary/aromatic N) is 1. The molecule has 22 heavy (non-hydrogen) atoms. The van der Waals surface area contributed by atoms with Gasteiger partial charge < -0.3 is 14.0 Å². The van der Waals surface area contributed by atoms with Gasteiger partial charge in [0.25, 0.3) is 0 Å². The van der Waals surface area contributed by atoms with Crippen molar-refractivity contribution in [2.45, 2.75) is 17.0 Å². The summed E-state index contributed by atoms with van der Waals surface area (Å²) in [5.41, 5.74) is -3.80. The van der Waals surface area contributed by atoms with Crippen LogP contribution in [0.2, 0.25) is 0 Å². The number of aromatic nitrogens is 1. The molecule has 5 nitrogen and oxygen atoms in total. The average molecular weight is 333 g/mol. The minimum absolute atomic E-state index is 0.00664. The second-order valence-electron chi connectivity index (χ2n) is 3.98. The van der Waals surface area contributed by atoms with Gasteiger partial charge >= 0.3 is 11.5 Å². The van der Waals surface area contributed by atoms with Crippen molar-refractivity contribution in [2.75, 3.05) is 6.79 Å². The molecule has 0 unspecified atom stereocenters. The molecule has 2 aromatic rings. The molecule has 0 radical (unpaired) electrons.